The fourth-order valence-corrected chi connectivity index (χ4v) is 8.72. The van der Waals surface area contributed by atoms with Crippen LogP contribution in [0.5, 0.6) is 34.5 Å². The highest BCUT2D eigenvalue weighted by Gasteiger charge is 2.32. The Labute approximate surface area is 418 Å². The monoisotopic (exact) mass is 976 g/mol. The number of hydrogen-bond acceptors (Lipinski definition) is 14. The molecule has 8 aromatic rings. The Kier molecular flexibility index (Phi) is 18.2. The van der Waals surface area contributed by atoms with Crippen LogP contribution in [0.25, 0.3) is 43.1 Å². The molecule has 0 radical (unpaired) electrons. The minimum absolute atomic E-state index is 0.0644. The summed E-state index contributed by atoms with van der Waals surface area (Å²) in [6.07, 6.45) is 3.30. The number of rotatable bonds is 27. The van der Waals surface area contributed by atoms with Gasteiger partial charge in [0.1, 0.15) is 36.8 Å². The van der Waals surface area contributed by atoms with Crippen molar-refractivity contribution in [3.8, 4) is 34.5 Å². The molecular weight excluding hydrogens is 917 g/mol. The summed E-state index contributed by atoms with van der Waals surface area (Å²) in [6.45, 7) is 2.21. The Balaban J connectivity index is 1.28. The number of phenols is 2. The third-order valence-electron chi connectivity index (χ3n) is 12.1. The summed E-state index contributed by atoms with van der Waals surface area (Å²) in [5, 5.41) is 49.3. The summed E-state index contributed by atoms with van der Waals surface area (Å²) in [4.78, 5) is 10.7. The van der Waals surface area contributed by atoms with Crippen LogP contribution in [0.4, 0.5) is 0 Å². The first-order valence-electron chi connectivity index (χ1n) is 23.9. The Hall–Kier alpha value is -7.30. The maximum atomic E-state index is 12.1. The van der Waals surface area contributed by atoms with Gasteiger partial charge in [-0.25, -0.2) is 0 Å². The van der Waals surface area contributed by atoms with Crippen molar-refractivity contribution in [2.24, 2.45) is 9.98 Å². The van der Waals surface area contributed by atoms with E-state index in [0.717, 1.165) is 32.3 Å². The van der Waals surface area contributed by atoms with Gasteiger partial charge >= 0.3 is 0 Å². The molecule has 0 bridgehead atoms. The van der Waals surface area contributed by atoms with Gasteiger partial charge in [0.2, 0.25) is 0 Å². The van der Waals surface area contributed by atoms with Crippen molar-refractivity contribution in [1.82, 2.24) is 0 Å². The molecule has 0 aliphatic rings. The molecule has 374 valence electrons. The van der Waals surface area contributed by atoms with Crippen LogP contribution >= 0.6 is 0 Å². The number of fused-ring (bicyclic) bond motifs is 6. The molecule has 8 aromatic carbocycles. The van der Waals surface area contributed by atoms with Crippen LogP contribution in [0, 0.1) is 0 Å². The molecule has 14 nitrogen and oxygen atoms in total. The van der Waals surface area contributed by atoms with Gasteiger partial charge in [0.15, 0.2) is 23.0 Å². The number of aromatic hydroxyl groups is 2. The number of aliphatic hydroxyl groups is 2. The summed E-state index contributed by atoms with van der Waals surface area (Å²) >= 11 is 0. The fraction of sp³-hybridized carbons (Fsp3) is 0.276. The van der Waals surface area contributed by atoms with E-state index >= 15 is 0 Å². The van der Waals surface area contributed by atoms with Crippen LogP contribution in [0.2, 0.25) is 0 Å². The van der Waals surface area contributed by atoms with Crippen LogP contribution in [0.3, 0.4) is 0 Å². The lowest BCUT2D eigenvalue weighted by atomic mass is 9.92. The predicted octanol–water partition coefficient (Wildman–Crippen LogP) is 9.56. The van der Waals surface area contributed by atoms with E-state index in [-0.39, 0.29) is 64.4 Å². The van der Waals surface area contributed by atoms with Crippen molar-refractivity contribution >= 4 is 55.5 Å². The molecule has 0 aromatic heterocycles. The number of aliphatic imine (C=N–C) groups is 2. The van der Waals surface area contributed by atoms with Gasteiger partial charge in [-0.2, -0.15) is 0 Å². The zero-order chi connectivity index (χ0) is 50.1. The summed E-state index contributed by atoms with van der Waals surface area (Å²) in [5.41, 5.74) is 2.10. The lowest BCUT2D eigenvalue weighted by Gasteiger charge is -2.27. The van der Waals surface area contributed by atoms with Crippen LogP contribution < -0.4 is 18.9 Å². The molecule has 14 heteroatoms. The topological polar surface area (TPSA) is 179 Å². The first kappa shape index (κ1) is 51.1. The number of para-hydroxylation sites is 2. The zero-order valence-corrected chi connectivity index (χ0v) is 40.4. The normalized spacial score (nSPS) is 12.7. The van der Waals surface area contributed by atoms with Gasteiger partial charge in [-0.15, -0.1) is 0 Å². The van der Waals surface area contributed by atoms with Crippen molar-refractivity contribution in [3.63, 3.8) is 0 Å². The molecule has 0 unspecified atom stereocenters. The van der Waals surface area contributed by atoms with E-state index in [0.29, 0.717) is 82.5 Å². The number of hydrogen-bond donors (Lipinski definition) is 4. The highest BCUT2D eigenvalue weighted by Crippen LogP contribution is 2.48. The Morgan fingerprint density at radius 3 is 1.21 bits per heavy atom. The predicted molar refractivity (Wildman–Crippen MR) is 281 cm³/mol. The molecule has 0 fully saturated rings. The number of methoxy groups -OCH3 is 2. The van der Waals surface area contributed by atoms with E-state index in [1.165, 1.54) is 0 Å². The standard InChI is InChI=1S/C58H60N2O12/c1-65-49-15-7-13-47(57(49)71-35-33-69-31-29-67-27-25-61)53(59-37-43-23-21-41-19-17-39-9-3-5-11-45(39)51(41)55(43)63)54(48-14-8-16-50(66-2)58(48)72-36-34-70-32-30-68-28-26-62)60-38-44-24-22-42-20-18-40-10-4-6-12-46(40)52(42)56(44)64/h3-24,37-38,53-54,61-64H,25-36H2,1-2H3/t53-,54-/m1/s1. The molecule has 0 aliphatic heterocycles. The lowest BCUT2D eigenvalue weighted by Crippen LogP contribution is -2.16. The maximum absolute atomic E-state index is 12.1. The highest BCUT2D eigenvalue weighted by atomic mass is 16.6. The molecule has 0 spiro atoms. The number of nitrogens with zero attached hydrogens (tertiary/aromatic N) is 2. The van der Waals surface area contributed by atoms with Crippen LogP contribution in [0.15, 0.2) is 143 Å². The second-order valence-corrected chi connectivity index (χ2v) is 16.6. The van der Waals surface area contributed by atoms with E-state index in [9.17, 15) is 10.2 Å². The largest absolute Gasteiger partial charge is 0.507 e. The minimum Gasteiger partial charge on any atom is -0.507 e. The van der Waals surface area contributed by atoms with Crippen LogP contribution in [-0.4, -0.2) is 126 Å². The van der Waals surface area contributed by atoms with E-state index in [1.807, 2.05) is 121 Å². The maximum Gasteiger partial charge on any atom is 0.166 e. The van der Waals surface area contributed by atoms with Gasteiger partial charge in [-0.3, -0.25) is 9.98 Å². The van der Waals surface area contributed by atoms with Crippen LogP contribution in [-0.2, 0) is 18.9 Å². The van der Waals surface area contributed by atoms with Crippen molar-refractivity contribution in [3.05, 3.63) is 156 Å². The fourth-order valence-electron chi connectivity index (χ4n) is 8.72. The SMILES string of the molecule is COc1cccc([C@@H](N=Cc2ccc3ccc4ccccc4c3c2O)[C@H](N=Cc2ccc3ccc4ccccc4c3c2O)c2cccc(OC)c2OCCOCCOCCO)c1OCCOCCOCCO. The molecule has 8 rings (SSSR count). The van der Waals surface area contributed by atoms with Crippen LogP contribution in [0.1, 0.15) is 34.3 Å². The molecule has 2 atom stereocenters. The summed E-state index contributed by atoms with van der Waals surface area (Å²) < 4.78 is 47.4. The third-order valence-corrected chi connectivity index (χ3v) is 12.1. The summed E-state index contributed by atoms with van der Waals surface area (Å²) in [5.74, 6) is 1.77. The number of aliphatic hydroxyl groups excluding tert-OH is 2. The Morgan fingerprint density at radius 1 is 0.417 bits per heavy atom. The van der Waals surface area contributed by atoms with E-state index < -0.39 is 12.1 Å². The average Bonchev–Trinajstić information content (AvgIpc) is 3.41. The Bertz CT molecular complexity index is 2910. The molecule has 0 amide bonds. The second kappa shape index (κ2) is 25.7. The number of phenolic OH excluding ortho intramolecular Hbond substituents is 2. The van der Waals surface area contributed by atoms with E-state index in [2.05, 4.69) is 0 Å². The Morgan fingerprint density at radius 2 is 0.792 bits per heavy atom. The summed E-state index contributed by atoms with van der Waals surface area (Å²) in [6, 6.07) is 40.7. The number of ether oxygens (including phenoxy) is 8. The van der Waals surface area contributed by atoms with Crippen molar-refractivity contribution in [2.75, 3.05) is 93.5 Å². The van der Waals surface area contributed by atoms with Gasteiger partial charge < -0.3 is 58.3 Å². The average molecular weight is 977 g/mol. The molecule has 0 aliphatic carbocycles. The molecule has 0 saturated carbocycles. The first-order chi connectivity index (χ1) is 35.4. The third kappa shape index (κ3) is 12.1. The number of benzene rings is 8. The van der Waals surface area contributed by atoms with Gasteiger partial charge in [0, 0.05) is 45.5 Å². The van der Waals surface area contributed by atoms with Gasteiger partial charge in [0.25, 0.3) is 0 Å². The van der Waals surface area contributed by atoms with Gasteiger partial charge in [-0.05, 0) is 56.6 Å². The van der Waals surface area contributed by atoms with Crippen molar-refractivity contribution in [1.29, 1.82) is 0 Å². The summed E-state index contributed by atoms with van der Waals surface area (Å²) in [7, 11) is 3.13. The van der Waals surface area contributed by atoms with E-state index in [4.69, 9.17) is 58.1 Å². The second-order valence-electron chi connectivity index (χ2n) is 16.6. The van der Waals surface area contributed by atoms with Crippen molar-refractivity contribution in [2.45, 2.75) is 12.1 Å². The molecule has 4 N–H and O–H groups in total. The quantitative estimate of drug-likeness (QED) is 0.0218. The lowest BCUT2D eigenvalue weighted by molar-refractivity contribution is 0.0243. The molecule has 0 heterocycles. The smallest absolute Gasteiger partial charge is 0.166 e. The van der Waals surface area contributed by atoms with E-state index in [1.54, 1.807) is 38.8 Å². The highest BCUT2D eigenvalue weighted by molar-refractivity contribution is 6.14. The minimum atomic E-state index is -0.931. The van der Waals surface area contributed by atoms with Gasteiger partial charge in [-0.1, -0.05) is 109 Å². The van der Waals surface area contributed by atoms with Gasteiger partial charge in [0.05, 0.1) is 80.3 Å². The molecule has 0 saturated heterocycles. The molecule has 72 heavy (non-hydrogen) atoms. The molecular formula is C58H60N2O12. The van der Waals surface area contributed by atoms with Crippen molar-refractivity contribution < 1.29 is 58.3 Å². The first-order valence-corrected chi connectivity index (χ1v) is 23.9. The zero-order valence-electron chi connectivity index (χ0n) is 40.4.